The second-order valence-corrected chi connectivity index (χ2v) is 4.64. The van der Waals surface area contributed by atoms with Crippen molar-refractivity contribution in [2.45, 2.75) is 13.5 Å². The van der Waals surface area contributed by atoms with Crippen LogP contribution in [0.15, 0.2) is 18.2 Å². The Hall–Kier alpha value is -2.21. The predicted molar refractivity (Wildman–Crippen MR) is 73.3 cm³/mol. The van der Waals surface area contributed by atoms with Crippen molar-refractivity contribution in [1.82, 2.24) is 15.1 Å². The van der Waals surface area contributed by atoms with Crippen LogP contribution in [0.25, 0.3) is 0 Å². The topological polar surface area (TPSA) is 57.5 Å². The van der Waals surface area contributed by atoms with E-state index in [0.29, 0.717) is 18.0 Å². The highest BCUT2D eigenvalue weighted by Crippen LogP contribution is 2.37. The van der Waals surface area contributed by atoms with Crippen molar-refractivity contribution in [1.29, 1.82) is 0 Å². The summed E-state index contributed by atoms with van der Waals surface area (Å²) in [6, 6.07) is 5.53. The van der Waals surface area contributed by atoms with E-state index >= 15 is 0 Å². The van der Waals surface area contributed by atoms with Gasteiger partial charge in [0.05, 0.1) is 11.3 Å². The van der Waals surface area contributed by atoms with Crippen molar-refractivity contribution in [3.63, 3.8) is 0 Å². The molecule has 1 aromatic heterocycles. The summed E-state index contributed by atoms with van der Waals surface area (Å²) in [4.78, 5) is 0. The Morgan fingerprint density at radius 1 is 1.35 bits per heavy atom. The summed E-state index contributed by atoms with van der Waals surface area (Å²) >= 11 is 0. The van der Waals surface area contributed by atoms with Crippen LogP contribution >= 0.6 is 0 Å². The molecule has 1 aliphatic heterocycles. The first-order valence-corrected chi connectivity index (χ1v) is 6.43. The van der Waals surface area contributed by atoms with Gasteiger partial charge >= 0.3 is 0 Å². The molecule has 0 spiro atoms. The number of nitrogens with one attached hydrogen (secondary N) is 1. The fourth-order valence-corrected chi connectivity index (χ4v) is 2.24. The number of benzene rings is 1. The lowest BCUT2D eigenvalue weighted by Gasteiger charge is -2.09. The molecule has 106 valence electrons. The molecule has 0 fully saturated rings. The van der Waals surface area contributed by atoms with E-state index in [0.717, 1.165) is 22.9 Å². The molecule has 0 saturated carbocycles. The van der Waals surface area contributed by atoms with Gasteiger partial charge in [0.25, 0.3) is 0 Å². The van der Waals surface area contributed by atoms with Crippen molar-refractivity contribution in [2.24, 2.45) is 7.05 Å². The summed E-state index contributed by atoms with van der Waals surface area (Å²) in [5, 5.41) is 7.52. The molecule has 0 atom stereocenters. The molecule has 1 aromatic carbocycles. The summed E-state index contributed by atoms with van der Waals surface area (Å²) in [7, 11) is 3.77. The average molecular weight is 275 g/mol. The number of rotatable bonds is 4. The first-order valence-electron chi connectivity index (χ1n) is 6.43. The Morgan fingerprint density at radius 2 is 2.15 bits per heavy atom. The fourth-order valence-electron chi connectivity index (χ4n) is 2.24. The number of hydrogen-bond donors (Lipinski definition) is 1. The zero-order valence-corrected chi connectivity index (χ0v) is 11.8. The minimum Gasteiger partial charge on any atom is -0.454 e. The third-order valence-corrected chi connectivity index (χ3v) is 3.20. The maximum absolute atomic E-state index is 5.96. The van der Waals surface area contributed by atoms with Crippen molar-refractivity contribution < 1.29 is 14.2 Å². The Labute approximate surface area is 117 Å². The average Bonchev–Trinajstić information content (AvgIpc) is 2.98. The number of nitrogens with zero attached hydrogens (tertiary/aromatic N) is 2. The lowest BCUT2D eigenvalue weighted by atomic mass is 10.2. The number of aromatic nitrogens is 2. The van der Waals surface area contributed by atoms with Crippen LogP contribution in [0.2, 0.25) is 0 Å². The number of aryl methyl sites for hydroxylation is 2. The van der Waals surface area contributed by atoms with E-state index in [4.69, 9.17) is 14.2 Å². The van der Waals surface area contributed by atoms with Gasteiger partial charge in [-0.1, -0.05) is 0 Å². The summed E-state index contributed by atoms with van der Waals surface area (Å²) in [6.07, 6.45) is 0. The zero-order valence-electron chi connectivity index (χ0n) is 11.8. The Balaban J connectivity index is 1.91. The molecule has 0 amide bonds. The molecule has 0 unspecified atom stereocenters. The molecule has 0 bridgehead atoms. The van der Waals surface area contributed by atoms with E-state index in [1.165, 1.54) is 0 Å². The van der Waals surface area contributed by atoms with E-state index in [2.05, 4.69) is 10.4 Å². The smallest absolute Gasteiger partial charge is 0.231 e. The Kier molecular flexibility index (Phi) is 3.23. The normalized spacial score (nSPS) is 12.8. The molecule has 20 heavy (non-hydrogen) atoms. The van der Waals surface area contributed by atoms with Crippen LogP contribution in [0.4, 0.5) is 0 Å². The van der Waals surface area contributed by atoms with Gasteiger partial charge in [-0.2, -0.15) is 5.10 Å². The standard InChI is InChI=1S/C14H17N3O3/c1-9-11(7-15-2)14(17(3)16-9)20-10-4-5-12-13(6-10)19-8-18-12/h4-6,15H,7-8H2,1-3H3. The SMILES string of the molecule is CNCc1c(C)nn(C)c1Oc1ccc2c(c1)OCO2. The van der Waals surface area contributed by atoms with Crippen LogP contribution in [0.3, 0.4) is 0 Å². The van der Waals surface area contributed by atoms with Crippen LogP contribution < -0.4 is 19.5 Å². The molecule has 0 aliphatic carbocycles. The van der Waals surface area contributed by atoms with Gasteiger partial charge < -0.3 is 19.5 Å². The molecule has 0 saturated heterocycles. The van der Waals surface area contributed by atoms with Crippen molar-refractivity contribution in [2.75, 3.05) is 13.8 Å². The van der Waals surface area contributed by atoms with E-state index in [1.54, 1.807) is 4.68 Å². The van der Waals surface area contributed by atoms with Gasteiger partial charge in [0, 0.05) is 19.7 Å². The number of ether oxygens (including phenoxy) is 3. The first kappa shape index (κ1) is 12.8. The van der Waals surface area contributed by atoms with Gasteiger partial charge in [0.15, 0.2) is 11.5 Å². The van der Waals surface area contributed by atoms with E-state index < -0.39 is 0 Å². The summed E-state index contributed by atoms with van der Waals surface area (Å²) in [5.41, 5.74) is 2.00. The van der Waals surface area contributed by atoms with Crippen molar-refractivity contribution >= 4 is 0 Å². The highest BCUT2D eigenvalue weighted by Gasteiger charge is 2.17. The summed E-state index contributed by atoms with van der Waals surface area (Å²) < 4.78 is 18.3. The third-order valence-electron chi connectivity index (χ3n) is 3.20. The summed E-state index contributed by atoms with van der Waals surface area (Å²) in [6.45, 7) is 2.94. The van der Waals surface area contributed by atoms with E-state index in [1.807, 2.05) is 39.2 Å². The molecule has 2 aromatic rings. The maximum atomic E-state index is 5.96. The predicted octanol–water partition coefficient (Wildman–Crippen LogP) is 1.97. The van der Waals surface area contributed by atoms with Gasteiger partial charge in [-0.25, -0.2) is 4.68 Å². The highest BCUT2D eigenvalue weighted by molar-refractivity contribution is 5.48. The molecule has 1 N–H and O–H groups in total. The molecule has 2 heterocycles. The van der Waals surface area contributed by atoms with Crippen LogP contribution in [-0.4, -0.2) is 23.6 Å². The molecular weight excluding hydrogens is 258 g/mol. The molecule has 6 nitrogen and oxygen atoms in total. The van der Waals surface area contributed by atoms with E-state index in [9.17, 15) is 0 Å². The van der Waals surface area contributed by atoms with Gasteiger partial charge in [-0.15, -0.1) is 0 Å². The number of fused-ring (bicyclic) bond motifs is 1. The molecule has 0 radical (unpaired) electrons. The van der Waals surface area contributed by atoms with Crippen molar-refractivity contribution in [3.05, 3.63) is 29.5 Å². The van der Waals surface area contributed by atoms with Gasteiger partial charge in [0.1, 0.15) is 5.75 Å². The van der Waals surface area contributed by atoms with Crippen LogP contribution in [-0.2, 0) is 13.6 Å². The van der Waals surface area contributed by atoms with Gasteiger partial charge in [-0.3, -0.25) is 0 Å². The largest absolute Gasteiger partial charge is 0.454 e. The van der Waals surface area contributed by atoms with Crippen molar-refractivity contribution in [3.8, 4) is 23.1 Å². The van der Waals surface area contributed by atoms with Gasteiger partial charge in [-0.05, 0) is 26.1 Å². The fraction of sp³-hybridized carbons (Fsp3) is 0.357. The third kappa shape index (κ3) is 2.18. The maximum Gasteiger partial charge on any atom is 0.231 e. The first-order chi connectivity index (χ1) is 9.69. The summed E-state index contributed by atoms with van der Waals surface area (Å²) in [5.74, 6) is 2.89. The number of hydrogen-bond acceptors (Lipinski definition) is 5. The molecule has 1 aliphatic rings. The van der Waals surface area contributed by atoms with Crippen LogP contribution in [0, 0.1) is 6.92 Å². The quantitative estimate of drug-likeness (QED) is 0.924. The minimum absolute atomic E-state index is 0.259. The monoisotopic (exact) mass is 275 g/mol. The Morgan fingerprint density at radius 3 is 2.95 bits per heavy atom. The second kappa shape index (κ2) is 5.05. The lowest BCUT2D eigenvalue weighted by molar-refractivity contribution is 0.174. The van der Waals surface area contributed by atoms with Crippen LogP contribution in [0.1, 0.15) is 11.3 Å². The van der Waals surface area contributed by atoms with E-state index in [-0.39, 0.29) is 6.79 Å². The highest BCUT2D eigenvalue weighted by atomic mass is 16.7. The van der Waals surface area contributed by atoms with Gasteiger partial charge in [0.2, 0.25) is 12.7 Å². The lowest BCUT2D eigenvalue weighted by Crippen LogP contribution is -2.07. The second-order valence-electron chi connectivity index (χ2n) is 4.64. The molecule has 6 heteroatoms. The zero-order chi connectivity index (χ0) is 14.1. The molecule has 3 rings (SSSR count). The minimum atomic E-state index is 0.259. The molecular formula is C14H17N3O3. The Bertz CT molecular complexity index is 637. The van der Waals surface area contributed by atoms with Crippen LogP contribution in [0.5, 0.6) is 23.1 Å².